The molecule has 34 heavy (non-hydrogen) atoms. The Morgan fingerprint density at radius 3 is 2.56 bits per heavy atom. The van der Waals surface area contributed by atoms with Crippen molar-refractivity contribution in [3.63, 3.8) is 0 Å². The third-order valence-corrected chi connectivity index (χ3v) is 7.60. The number of ether oxygens (including phenoxy) is 1. The minimum absolute atomic E-state index is 0.117. The molecule has 0 aliphatic carbocycles. The minimum atomic E-state index is 0.117. The van der Waals surface area contributed by atoms with Crippen molar-refractivity contribution in [2.45, 2.75) is 38.8 Å². The number of amides is 1. The molecular formula is C28H34N2O3S. The topological polar surface area (TPSA) is 53.0 Å². The van der Waals surface area contributed by atoms with Crippen LogP contribution in [0.3, 0.4) is 0 Å². The second-order valence-electron chi connectivity index (χ2n) is 9.00. The lowest BCUT2D eigenvalue weighted by Gasteiger charge is -2.40. The molecule has 1 aromatic heterocycles. The van der Waals surface area contributed by atoms with E-state index in [0.29, 0.717) is 18.3 Å². The van der Waals surface area contributed by atoms with Crippen molar-refractivity contribution in [1.29, 1.82) is 0 Å². The van der Waals surface area contributed by atoms with E-state index in [9.17, 15) is 9.90 Å². The molecule has 3 aromatic rings. The maximum Gasteiger partial charge on any atom is 0.263 e. The second-order valence-corrected chi connectivity index (χ2v) is 9.95. The Kier molecular flexibility index (Phi) is 8.25. The Bertz CT molecular complexity index is 1050. The van der Waals surface area contributed by atoms with Crippen LogP contribution in [0.25, 0.3) is 0 Å². The summed E-state index contributed by atoms with van der Waals surface area (Å²) in [5.41, 5.74) is 2.42. The molecule has 180 valence electrons. The fourth-order valence-corrected chi connectivity index (χ4v) is 5.59. The maximum absolute atomic E-state index is 13.2. The van der Waals surface area contributed by atoms with Crippen molar-refractivity contribution in [3.8, 4) is 11.5 Å². The van der Waals surface area contributed by atoms with Crippen LogP contribution in [0.5, 0.6) is 11.5 Å². The molecule has 1 saturated heterocycles. The van der Waals surface area contributed by atoms with Crippen molar-refractivity contribution < 1.29 is 14.6 Å². The molecule has 0 radical (unpaired) electrons. The van der Waals surface area contributed by atoms with Gasteiger partial charge in [-0.15, -0.1) is 11.3 Å². The molecule has 6 heteroatoms. The first-order chi connectivity index (χ1) is 16.5. The molecule has 1 aliphatic rings. The van der Waals surface area contributed by atoms with Crippen LogP contribution >= 0.6 is 11.3 Å². The number of aromatic hydroxyl groups is 1. The first-order valence-corrected chi connectivity index (χ1v) is 12.9. The average molecular weight is 479 g/mol. The smallest absolute Gasteiger partial charge is 0.263 e. The number of carbonyl (C=O) groups excluding carboxylic acids is 1. The molecule has 5 nitrogen and oxygen atoms in total. The molecule has 4 rings (SSSR count). The van der Waals surface area contributed by atoms with Crippen LogP contribution < -0.4 is 4.74 Å². The summed E-state index contributed by atoms with van der Waals surface area (Å²) in [5.74, 6) is 1.30. The monoisotopic (exact) mass is 478 g/mol. The van der Waals surface area contributed by atoms with Gasteiger partial charge in [0.2, 0.25) is 0 Å². The predicted octanol–water partition coefficient (Wildman–Crippen LogP) is 5.45. The zero-order valence-electron chi connectivity index (χ0n) is 20.0. The standard InChI is InChI=1S/C28H34N2O3S/c1-3-33-26-19-22(11-12-25(26)31)20-30-15-13-23(14-16-30)24(18-21-8-5-4-6-9-21)29(2)28(32)27-10-7-17-34-27/h4-12,17,19,23-24,31H,3,13-16,18,20H2,1-2H3/t24-/m1/s1. The van der Waals surface area contributed by atoms with Crippen LogP contribution in [0, 0.1) is 5.92 Å². The molecule has 1 N–H and O–H groups in total. The number of phenols is 1. The number of nitrogens with zero attached hydrogens (tertiary/aromatic N) is 2. The van der Waals surface area contributed by atoms with Crippen molar-refractivity contribution >= 4 is 17.2 Å². The van der Waals surface area contributed by atoms with E-state index in [4.69, 9.17) is 4.74 Å². The predicted molar refractivity (Wildman–Crippen MR) is 138 cm³/mol. The summed E-state index contributed by atoms with van der Waals surface area (Å²) in [6.45, 7) is 5.26. The average Bonchev–Trinajstić information content (AvgIpc) is 3.40. The second kappa shape index (κ2) is 11.5. The molecule has 0 unspecified atom stereocenters. The number of hydrogen-bond acceptors (Lipinski definition) is 5. The van der Waals surface area contributed by atoms with E-state index in [-0.39, 0.29) is 17.7 Å². The molecule has 2 aromatic carbocycles. The summed E-state index contributed by atoms with van der Waals surface area (Å²) < 4.78 is 5.55. The van der Waals surface area contributed by atoms with Crippen molar-refractivity contribution in [1.82, 2.24) is 9.80 Å². The molecule has 0 bridgehead atoms. The van der Waals surface area contributed by atoms with Gasteiger partial charge in [-0.1, -0.05) is 42.5 Å². The van der Waals surface area contributed by atoms with Gasteiger partial charge in [0.15, 0.2) is 11.5 Å². The number of rotatable bonds is 9. The van der Waals surface area contributed by atoms with Crippen LogP contribution in [-0.4, -0.2) is 53.6 Å². The van der Waals surface area contributed by atoms with E-state index in [1.807, 2.05) is 54.6 Å². The summed E-state index contributed by atoms with van der Waals surface area (Å²) >= 11 is 1.51. The number of hydrogen-bond donors (Lipinski definition) is 1. The normalized spacial score (nSPS) is 15.7. The van der Waals surface area contributed by atoms with Crippen LogP contribution in [-0.2, 0) is 13.0 Å². The highest BCUT2D eigenvalue weighted by Crippen LogP contribution is 2.30. The highest BCUT2D eigenvalue weighted by Gasteiger charge is 2.32. The van der Waals surface area contributed by atoms with Gasteiger partial charge in [-0.2, -0.15) is 0 Å². The van der Waals surface area contributed by atoms with Gasteiger partial charge in [0, 0.05) is 19.6 Å². The summed E-state index contributed by atoms with van der Waals surface area (Å²) in [4.78, 5) is 18.4. The fourth-order valence-electron chi connectivity index (χ4n) is 4.88. The zero-order valence-corrected chi connectivity index (χ0v) is 20.8. The van der Waals surface area contributed by atoms with E-state index in [1.54, 1.807) is 6.07 Å². The van der Waals surface area contributed by atoms with E-state index in [0.717, 1.165) is 49.3 Å². The molecule has 1 atom stereocenters. The molecule has 1 fully saturated rings. The van der Waals surface area contributed by atoms with Crippen molar-refractivity contribution in [2.24, 2.45) is 5.92 Å². The molecule has 0 spiro atoms. The van der Waals surface area contributed by atoms with Gasteiger partial charge in [-0.3, -0.25) is 9.69 Å². The van der Waals surface area contributed by atoms with Gasteiger partial charge in [-0.25, -0.2) is 0 Å². The number of thiophene rings is 1. The van der Waals surface area contributed by atoms with E-state index < -0.39 is 0 Å². The Morgan fingerprint density at radius 2 is 1.88 bits per heavy atom. The summed E-state index contributed by atoms with van der Waals surface area (Å²) in [7, 11) is 1.97. The molecule has 1 aliphatic heterocycles. The molecular weight excluding hydrogens is 444 g/mol. The molecule has 1 amide bonds. The lowest BCUT2D eigenvalue weighted by Crippen LogP contribution is -2.47. The summed E-state index contributed by atoms with van der Waals surface area (Å²) in [5, 5.41) is 11.9. The Morgan fingerprint density at radius 1 is 1.12 bits per heavy atom. The first-order valence-electron chi connectivity index (χ1n) is 12.1. The highest BCUT2D eigenvalue weighted by molar-refractivity contribution is 7.12. The van der Waals surface area contributed by atoms with Gasteiger partial charge in [0.05, 0.1) is 11.5 Å². The highest BCUT2D eigenvalue weighted by atomic mass is 32.1. The number of piperidine rings is 1. The zero-order chi connectivity index (χ0) is 23.9. The number of phenolic OH excluding ortho intramolecular Hbond substituents is 1. The summed E-state index contributed by atoms with van der Waals surface area (Å²) in [6, 6.07) is 20.2. The van der Waals surface area contributed by atoms with Crippen molar-refractivity contribution in [2.75, 3.05) is 26.7 Å². The molecule has 2 heterocycles. The third kappa shape index (κ3) is 5.99. The maximum atomic E-state index is 13.2. The van der Waals surface area contributed by atoms with Gasteiger partial charge >= 0.3 is 0 Å². The number of carbonyl (C=O) groups is 1. The van der Waals surface area contributed by atoms with E-state index in [2.05, 4.69) is 29.2 Å². The van der Waals surface area contributed by atoms with Crippen LogP contribution in [0.1, 0.15) is 40.6 Å². The number of benzene rings is 2. The Hall–Kier alpha value is -2.83. The first kappa shape index (κ1) is 24.3. The lowest BCUT2D eigenvalue weighted by molar-refractivity contribution is 0.0589. The Balaban J connectivity index is 1.43. The number of likely N-dealkylation sites (N-methyl/N-ethyl adjacent to an activating group) is 1. The van der Waals surface area contributed by atoms with Gasteiger partial charge in [0.1, 0.15) is 0 Å². The minimum Gasteiger partial charge on any atom is -0.504 e. The van der Waals surface area contributed by atoms with Crippen molar-refractivity contribution in [3.05, 3.63) is 82.0 Å². The van der Waals surface area contributed by atoms with Gasteiger partial charge in [0.25, 0.3) is 5.91 Å². The van der Waals surface area contributed by atoms with Crippen LogP contribution in [0.15, 0.2) is 66.0 Å². The van der Waals surface area contributed by atoms with Gasteiger partial charge < -0.3 is 14.7 Å². The van der Waals surface area contributed by atoms with E-state index in [1.165, 1.54) is 16.9 Å². The lowest BCUT2D eigenvalue weighted by atomic mass is 9.84. The van der Waals surface area contributed by atoms with E-state index >= 15 is 0 Å². The molecule has 0 saturated carbocycles. The van der Waals surface area contributed by atoms with Crippen LogP contribution in [0.4, 0.5) is 0 Å². The Labute approximate surface area is 206 Å². The quantitative estimate of drug-likeness (QED) is 0.444. The summed E-state index contributed by atoms with van der Waals surface area (Å²) in [6.07, 6.45) is 2.97. The number of likely N-dealkylation sites (tertiary alicyclic amines) is 1. The third-order valence-electron chi connectivity index (χ3n) is 6.74. The fraction of sp³-hybridized carbons (Fsp3) is 0.393. The van der Waals surface area contributed by atoms with Crippen LogP contribution in [0.2, 0.25) is 0 Å². The van der Waals surface area contributed by atoms with Gasteiger partial charge in [-0.05, 0) is 79.9 Å². The SMILES string of the molecule is CCOc1cc(CN2CCC([C@@H](Cc3ccccc3)N(C)C(=O)c3cccs3)CC2)ccc1O. The largest absolute Gasteiger partial charge is 0.504 e.